The van der Waals surface area contributed by atoms with Crippen molar-refractivity contribution in [2.45, 2.75) is 96.2 Å². The summed E-state index contributed by atoms with van der Waals surface area (Å²) in [5.41, 5.74) is 2.11. The Morgan fingerprint density at radius 3 is 2.50 bits per heavy atom. The Hall–Kier alpha value is -2.58. The number of nitrogens with zero attached hydrogens (tertiary/aromatic N) is 2. The Morgan fingerprint density at radius 1 is 1.08 bits per heavy atom. The maximum atomic E-state index is 14.0. The Kier molecular flexibility index (Phi) is 9.04. The van der Waals surface area contributed by atoms with E-state index in [4.69, 9.17) is 4.98 Å². The van der Waals surface area contributed by atoms with Crippen LogP contribution in [0.25, 0.3) is 0 Å². The Labute approximate surface area is 230 Å². The predicted octanol–water partition coefficient (Wildman–Crippen LogP) is 5.01. The van der Waals surface area contributed by atoms with Crippen molar-refractivity contribution in [3.8, 4) is 0 Å². The molecule has 2 aromatic rings. The van der Waals surface area contributed by atoms with Crippen molar-refractivity contribution in [1.29, 1.82) is 0 Å². The second-order valence-electron chi connectivity index (χ2n) is 11.8. The second-order valence-corrected chi connectivity index (χ2v) is 12.7. The van der Waals surface area contributed by atoms with E-state index in [-0.39, 0.29) is 41.0 Å². The average Bonchev–Trinajstić information content (AvgIpc) is 3.60. The number of thiazole rings is 1. The van der Waals surface area contributed by atoms with Crippen LogP contribution in [0.5, 0.6) is 0 Å². The Balaban J connectivity index is 1.54. The zero-order chi connectivity index (χ0) is 27.4. The van der Waals surface area contributed by atoms with Gasteiger partial charge in [0.25, 0.3) is 0 Å². The minimum atomic E-state index is -0.527. The van der Waals surface area contributed by atoms with Crippen molar-refractivity contribution < 1.29 is 14.4 Å². The molecule has 1 aliphatic heterocycles. The maximum absolute atomic E-state index is 14.0. The molecule has 1 aromatic heterocycles. The highest BCUT2D eigenvalue weighted by Crippen LogP contribution is 2.36. The van der Waals surface area contributed by atoms with Crippen LogP contribution in [0.1, 0.15) is 105 Å². The third-order valence-corrected chi connectivity index (χ3v) is 9.02. The average molecular weight is 539 g/mol. The summed E-state index contributed by atoms with van der Waals surface area (Å²) in [6.45, 7) is 8.84. The van der Waals surface area contributed by atoms with Crippen LogP contribution in [-0.2, 0) is 15.0 Å². The number of carbonyl (C=O) groups is 3. The molecule has 3 atom stereocenters. The molecule has 38 heavy (non-hydrogen) atoms. The van der Waals surface area contributed by atoms with Gasteiger partial charge in [0.1, 0.15) is 16.7 Å². The fraction of sp³-hybridized carbons (Fsp3) is 0.600. The molecule has 1 saturated heterocycles. The molecule has 0 radical (unpaired) electrons. The molecular weight excluding hydrogens is 496 g/mol. The third kappa shape index (κ3) is 6.34. The van der Waals surface area contributed by atoms with Gasteiger partial charge in [-0.25, -0.2) is 4.98 Å². The van der Waals surface area contributed by atoms with Gasteiger partial charge in [0.15, 0.2) is 0 Å². The van der Waals surface area contributed by atoms with Gasteiger partial charge in [0.05, 0.1) is 12.1 Å². The van der Waals surface area contributed by atoms with Gasteiger partial charge < -0.3 is 15.5 Å². The van der Waals surface area contributed by atoms with Gasteiger partial charge >= 0.3 is 0 Å². The Morgan fingerprint density at radius 2 is 1.82 bits per heavy atom. The van der Waals surface area contributed by atoms with Crippen molar-refractivity contribution in [2.75, 3.05) is 13.6 Å². The molecule has 8 heteroatoms. The SMILES string of the molecule is CN[C@@H](C)C(=O)N[C@@H](C(=O)N1CCCC1c1nc(C(=O)c2cccc(C(C)(C)C)c2)cs1)C1CCCCC1. The molecule has 4 rings (SSSR count). The van der Waals surface area contributed by atoms with Crippen LogP contribution in [0.2, 0.25) is 0 Å². The zero-order valence-corrected chi connectivity index (χ0v) is 24.2. The van der Waals surface area contributed by atoms with E-state index in [2.05, 4.69) is 31.4 Å². The predicted molar refractivity (Wildman–Crippen MR) is 151 cm³/mol. The van der Waals surface area contributed by atoms with E-state index in [1.165, 1.54) is 17.8 Å². The van der Waals surface area contributed by atoms with Gasteiger partial charge in [-0.1, -0.05) is 58.2 Å². The lowest BCUT2D eigenvalue weighted by Gasteiger charge is -2.35. The summed E-state index contributed by atoms with van der Waals surface area (Å²) < 4.78 is 0. The van der Waals surface area contributed by atoms with Crippen molar-refractivity contribution in [3.63, 3.8) is 0 Å². The van der Waals surface area contributed by atoms with E-state index in [0.717, 1.165) is 49.1 Å². The summed E-state index contributed by atoms with van der Waals surface area (Å²) in [5, 5.41) is 8.67. The summed E-state index contributed by atoms with van der Waals surface area (Å²) in [7, 11) is 1.75. The highest BCUT2D eigenvalue weighted by atomic mass is 32.1. The summed E-state index contributed by atoms with van der Waals surface area (Å²) >= 11 is 1.45. The standard InChI is InChI=1S/C30H42N4O3S/c1-19(31-5)27(36)33-25(20-11-7-6-8-12-20)29(37)34-16-10-15-24(34)28-32-23(18-38-28)26(35)21-13-9-14-22(17-21)30(2,3)4/h9,13-14,17-20,24-25,31H,6-8,10-12,15-16H2,1-5H3,(H,33,36)/t19-,24?,25+/m0/s1. The first kappa shape index (κ1) is 28.4. The molecule has 2 aliphatic rings. The molecule has 1 saturated carbocycles. The number of hydrogen-bond acceptors (Lipinski definition) is 6. The van der Waals surface area contributed by atoms with Crippen LogP contribution in [0.3, 0.4) is 0 Å². The summed E-state index contributed by atoms with van der Waals surface area (Å²) in [6.07, 6.45) is 6.95. The van der Waals surface area contributed by atoms with Crippen LogP contribution in [0.15, 0.2) is 29.6 Å². The fourth-order valence-electron chi connectivity index (χ4n) is 5.54. The van der Waals surface area contributed by atoms with Crippen LogP contribution in [0, 0.1) is 5.92 Å². The summed E-state index contributed by atoms with van der Waals surface area (Å²) in [5.74, 6) is -0.110. The van der Waals surface area contributed by atoms with Gasteiger partial charge in [-0.05, 0) is 62.6 Å². The number of carbonyl (C=O) groups excluding carboxylic acids is 3. The van der Waals surface area contributed by atoms with Crippen molar-refractivity contribution >= 4 is 28.9 Å². The minimum absolute atomic E-state index is 0.0167. The number of benzene rings is 1. The molecule has 2 amide bonds. The van der Waals surface area contributed by atoms with E-state index >= 15 is 0 Å². The van der Waals surface area contributed by atoms with Gasteiger partial charge in [-0.15, -0.1) is 11.3 Å². The van der Waals surface area contributed by atoms with Gasteiger partial charge in [-0.3, -0.25) is 14.4 Å². The van der Waals surface area contributed by atoms with Crippen LogP contribution < -0.4 is 10.6 Å². The van der Waals surface area contributed by atoms with Crippen molar-refractivity contribution in [1.82, 2.24) is 20.5 Å². The molecular formula is C30H42N4O3S. The second kappa shape index (κ2) is 12.1. The largest absolute Gasteiger partial charge is 0.343 e. The van der Waals surface area contributed by atoms with Crippen molar-refractivity contribution in [3.05, 3.63) is 51.5 Å². The first-order valence-electron chi connectivity index (χ1n) is 14.0. The monoisotopic (exact) mass is 538 g/mol. The lowest BCUT2D eigenvalue weighted by molar-refractivity contribution is -0.139. The number of amides is 2. The molecule has 206 valence electrons. The van der Waals surface area contributed by atoms with Crippen LogP contribution >= 0.6 is 11.3 Å². The number of rotatable bonds is 8. The normalized spacial score (nSPS) is 20.2. The van der Waals surface area contributed by atoms with Gasteiger partial charge in [-0.2, -0.15) is 0 Å². The highest BCUT2D eigenvalue weighted by Gasteiger charge is 2.40. The quantitative estimate of drug-likeness (QED) is 0.461. The van der Waals surface area contributed by atoms with Crippen LogP contribution in [-0.4, -0.2) is 53.2 Å². The van der Waals surface area contributed by atoms with E-state index in [1.807, 2.05) is 41.5 Å². The first-order chi connectivity index (χ1) is 18.1. The number of likely N-dealkylation sites (tertiary alicyclic amines) is 1. The summed E-state index contributed by atoms with van der Waals surface area (Å²) in [4.78, 5) is 46.7. The third-order valence-electron chi connectivity index (χ3n) is 8.08. The lowest BCUT2D eigenvalue weighted by atomic mass is 9.83. The molecule has 0 bridgehead atoms. The van der Waals surface area contributed by atoms with Gasteiger partial charge in [0.2, 0.25) is 17.6 Å². The molecule has 2 heterocycles. The smallest absolute Gasteiger partial charge is 0.246 e. The number of nitrogens with one attached hydrogen (secondary N) is 2. The van der Waals surface area contributed by atoms with E-state index in [9.17, 15) is 14.4 Å². The fourth-order valence-corrected chi connectivity index (χ4v) is 6.49. The molecule has 1 aliphatic carbocycles. The minimum Gasteiger partial charge on any atom is -0.343 e. The topological polar surface area (TPSA) is 91.4 Å². The Bertz CT molecular complexity index is 1150. The lowest BCUT2D eigenvalue weighted by Crippen LogP contribution is -2.55. The molecule has 2 N–H and O–H groups in total. The first-order valence-corrected chi connectivity index (χ1v) is 14.9. The van der Waals surface area contributed by atoms with Gasteiger partial charge in [0, 0.05) is 17.5 Å². The molecule has 1 aromatic carbocycles. The van der Waals surface area contributed by atoms with E-state index in [1.54, 1.807) is 7.05 Å². The molecule has 7 nitrogen and oxygen atoms in total. The highest BCUT2D eigenvalue weighted by molar-refractivity contribution is 7.10. The molecule has 2 fully saturated rings. The molecule has 0 spiro atoms. The number of hydrogen-bond donors (Lipinski definition) is 2. The van der Waals surface area contributed by atoms with E-state index in [0.29, 0.717) is 17.8 Å². The number of likely N-dealkylation sites (N-methyl/N-ethyl adjacent to an activating group) is 1. The van der Waals surface area contributed by atoms with Crippen LogP contribution in [0.4, 0.5) is 0 Å². The summed E-state index contributed by atoms with van der Waals surface area (Å²) in [6, 6.07) is 6.70. The zero-order valence-electron chi connectivity index (χ0n) is 23.4. The van der Waals surface area contributed by atoms with E-state index < -0.39 is 6.04 Å². The molecule has 1 unspecified atom stereocenters. The number of ketones is 1. The maximum Gasteiger partial charge on any atom is 0.246 e. The number of aromatic nitrogens is 1. The van der Waals surface area contributed by atoms with Crippen molar-refractivity contribution in [2.24, 2.45) is 5.92 Å².